The normalized spacial score (nSPS) is 10.1. The van der Waals surface area contributed by atoms with Gasteiger partial charge in [-0.3, -0.25) is 4.79 Å². The van der Waals surface area contributed by atoms with Gasteiger partial charge in [0.15, 0.2) is 11.0 Å². The van der Waals surface area contributed by atoms with E-state index >= 15 is 0 Å². The molecule has 0 aliphatic carbocycles. The van der Waals surface area contributed by atoms with E-state index in [-0.39, 0.29) is 23.7 Å². The highest BCUT2D eigenvalue weighted by atomic mass is 35.5. The fourth-order valence-corrected chi connectivity index (χ4v) is 1.09. The molecule has 0 radical (unpaired) electrons. The first kappa shape index (κ1) is 12.9. The van der Waals surface area contributed by atoms with E-state index in [4.69, 9.17) is 33.7 Å². The Kier molecular flexibility index (Phi) is 5.17. The SMILES string of the molecule is NC(=O)COCCNc1nc(Cl)nnc1Cl. The molecule has 0 aromatic carbocycles. The molecule has 7 nitrogen and oxygen atoms in total. The quantitative estimate of drug-likeness (QED) is 0.707. The largest absolute Gasteiger partial charge is 0.370 e. The van der Waals surface area contributed by atoms with Crippen LogP contribution >= 0.6 is 23.2 Å². The van der Waals surface area contributed by atoms with E-state index in [9.17, 15) is 4.79 Å². The number of aromatic nitrogens is 3. The number of hydrogen-bond donors (Lipinski definition) is 2. The molecule has 1 amide bonds. The van der Waals surface area contributed by atoms with E-state index in [1.807, 2.05) is 0 Å². The van der Waals surface area contributed by atoms with Crippen molar-refractivity contribution in [1.29, 1.82) is 0 Å². The third kappa shape index (κ3) is 4.56. The second-order valence-corrected chi connectivity index (χ2v) is 3.36. The smallest absolute Gasteiger partial charge is 0.245 e. The monoisotopic (exact) mass is 265 g/mol. The van der Waals surface area contributed by atoms with Crippen LogP contribution in [-0.4, -0.2) is 40.8 Å². The molecular weight excluding hydrogens is 257 g/mol. The van der Waals surface area contributed by atoms with Crippen molar-refractivity contribution in [2.24, 2.45) is 5.73 Å². The second kappa shape index (κ2) is 6.41. The van der Waals surface area contributed by atoms with Gasteiger partial charge in [-0.1, -0.05) is 11.6 Å². The predicted octanol–water partition coefficient (Wildman–Crippen LogP) is 0.0922. The van der Waals surface area contributed by atoms with E-state index in [0.29, 0.717) is 12.4 Å². The van der Waals surface area contributed by atoms with Crippen molar-refractivity contribution < 1.29 is 9.53 Å². The molecule has 16 heavy (non-hydrogen) atoms. The summed E-state index contributed by atoms with van der Waals surface area (Å²) in [7, 11) is 0. The van der Waals surface area contributed by atoms with Gasteiger partial charge in [-0.15, -0.1) is 10.2 Å². The highest BCUT2D eigenvalue weighted by Gasteiger charge is 2.04. The number of anilines is 1. The average molecular weight is 266 g/mol. The number of nitrogens with one attached hydrogen (secondary N) is 1. The molecule has 9 heteroatoms. The number of rotatable bonds is 6. The minimum absolute atomic E-state index is 0.00930. The van der Waals surface area contributed by atoms with Crippen LogP contribution in [0.5, 0.6) is 0 Å². The van der Waals surface area contributed by atoms with Crippen LogP contribution in [0.25, 0.3) is 0 Å². The zero-order valence-electron chi connectivity index (χ0n) is 8.11. The summed E-state index contributed by atoms with van der Waals surface area (Å²) in [6.45, 7) is 0.543. The lowest BCUT2D eigenvalue weighted by molar-refractivity contribution is -0.122. The minimum Gasteiger partial charge on any atom is -0.370 e. The predicted molar refractivity (Wildman–Crippen MR) is 58.4 cm³/mol. The third-order valence-electron chi connectivity index (χ3n) is 1.40. The van der Waals surface area contributed by atoms with Crippen LogP contribution in [0.2, 0.25) is 10.4 Å². The molecular formula is C7H9Cl2N5O2. The van der Waals surface area contributed by atoms with Crippen molar-refractivity contribution in [3.63, 3.8) is 0 Å². The minimum atomic E-state index is -0.523. The molecule has 0 fully saturated rings. The van der Waals surface area contributed by atoms with Gasteiger partial charge in [-0.25, -0.2) is 0 Å². The highest BCUT2D eigenvalue weighted by Crippen LogP contribution is 2.15. The number of amides is 1. The molecule has 1 aromatic heterocycles. The summed E-state index contributed by atoms with van der Waals surface area (Å²) in [4.78, 5) is 14.1. The van der Waals surface area contributed by atoms with E-state index in [1.54, 1.807) is 0 Å². The maximum Gasteiger partial charge on any atom is 0.245 e. The Morgan fingerprint density at radius 2 is 2.19 bits per heavy atom. The molecule has 0 aliphatic heterocycles. The van der Waals surface area contributed by atoms with Crippen LogP contribution in [0.3, 0.4) is 0 Å². The summed E-state index contributed by atoms with van der Waals surface area (Å²) in [5, 5.41) is 9.92. The van der Waals surface area contributed by atoms with Gasteiger partial charge in [-0.05, 0) is 11.6 Å². The lowest BCUT2D eigenvalue weighted by atomic mass is 10.6. The van der Waals surface area contributed by atoms with Crippen LogP contribution in [0.15, 0.2) is 0 Å². The number of primary amides is 1. The van der Waals surface area contributed by atoms with Crippen LogP contribution in [0.4, 0.5) is 5.82 Å². The van der Waals surface area contributed by atoms with E-state index < -0.39 is 5.91 Å². The van der Waals surface area contributed by atoms with Gasteiger partial charge in [0.05, 0.1) is 6.61 Å². The first-order valence-electron chi connectivity index (χ1n) is 4.25. The molecule has 0 atom stereocenters. The number of nitrogens with zero attached hydrogens (tertiary/aromatic N) is 3. The van der Waals surface area contributed by atoms with E-state index in [1.165, 1.54) is 0 Å². The summed E-state index contributed by atoms with van der Waals surface area (Å²) < 4.78 is 4.91. The molecule has 0 unspecified atom stereocenters. The third-order valence-corrected chi connectivity index (χ3v) is 1.82. The summed E-state index contributed by atoms with van der Waals surface area (Å²) in [5.74, 6) is -0.214. The average Bonchev–Trinajstić information content (AvgIpc) is 2.22. The maximum absolute atomic E-state index is 10.3. The summed E-state index contributed by atoms with van der Waals surface area (Å²) in [5.41, 5.74) is 4.88. The lowest BCUT2D eigenvalue weighted by Gasteiger charge is -2.06. The fraction of sp³-hybridized carbons (Fsp3) is 0.429. The van der Waals surface area contributed by atoms with Gasteiger partial charge < -0.3 is 15.8 Å². The Bertz CT molecular complexity index is 376. The maximum atomic E-state index is 10.3. The van der Waals surface area contributed by atoms with Gasteiger partial charge >= 0.3 is 0 Å². The molecule has 0 aliphatic rings. The van der Waals surface area contributed by atoms with Crippen LogP contribution in [0, 0.1) is 0 Å². The molecule has 1 heterocycles. The molecule has 0 saturated heterocycles. The molecule has 0 spiro atoms. The molecule has 1 rings (SSSR count). The Labute approximate surface area is 101 Å². The Morgan fingerprint density at radius 3 is 2.88 bits per heavy atom. The number of halogens is 2. The molecule has 88 valence electrons. The topological polar surface area (TPSA) is 103 Å². The summed E-state index contributed by atoms with van der Waals surface area (Å²) in [6.07, 6.45) is 0. The molecule has 3 N–H and O–H groups in total. The lowest BCUT2D eigenvalue weighted by Crippen LogP contribution is -2.20. The van der Waals surface area contributed by atoms with Crippen molar-refractivity contribution in [2.75, 3.05) is 25.1 Å². The zero-order chi connectivity index (χ0) is 12.0. The number of nitrogens with two attached hydrogens (primary N) is 1. The van der Waals surface area contributed by atoms with Crippen molar-refractivity contribution in [1.82, 2.24) is 15.2 Å². The van der Waals surface area contributed by atoms with Crippen LogP contribution in [-0.2, 0) is 9.53 Å². The van der Waals surface area contributed by atoms with Crippen LogP contribution < -0.4 is 11.1 Å². The van der Waals surface area contributed by atoms with Crippen molar-refractivity contribution in [3.8, 4) is 0 Å². The van der Waals surface area contributed by atoms with Gasteiger partial charge in [-0.2, -0.15) is 4.98 Å². The van der Waals surface area contributed by atoms with Crippen molar-refractivity contribution in [2.45, 2.75) is 0 Å². The summed E-state index contributed by atoms with van der Waals surface area (Å²) in [6, 6.07) is 0. The van der Waals surface area contributed by atoms with Crippen molar-refractivity contribution in [3.05, 3.63) is 10.4 Å². The Hall–Kier alpha value is -1.18. The molecule has 1 aromatic rings. The Morgan fingerprint density at radius 1 is 1.44 bits per heavy atom. The standard InChI is InChI=1S/C7H9Cl2N5O2/c8-5-6(12-7(9)14-13-5)11-1-2-16-3-4(10)15/h1-3H2,(H2,10,15)(H,11,12,14). The molecule has 0 bridgehead atoms. The second-order valence-electron chi connectivity index (χ2n) is 2.67. The van der Waals surface area contributed by atoms with Gasteiger partial charge in [0.1, 0.15) is 6.61 Å². The zero-order valence-corrected chi connectivity index (χ0v) is 9.62. The molecule has 0 saturated carbocycles. The van der Waals surface area contributed by atoms with Crippen LogP contribution in [0.1, 0.15) is 0 Å². The van der Waals surface area contributed by atoms with Gasteiger partial charge in [0.25, 0.3) is 0 Å². The fourth-order valence-electron chi connectivity index (χ4n) is 0.820. The first-order chi connectivity index (χ1) is 7.59. The van der Waals surface area contributed by atoms with Gasteiger partial charge in [0.2, 0.25) is 11.2 Å². The Balaban J connectivity index is 2.31. The highest BCUT2D eigenvalue weighted by molar-refractivity contribution is 6.32. The number of hydrogen-bond acceptors (Lipinski definition) is 6. The van der Waals surface area contributed by atoms with E-state index in [2.05, 4.69) is 20.5 Å². The van der Waals surface area contributed by atoms with E-state index in [0.717, 1.165) is 0 Å². The first-order valence-corrected chi connectivity index (χ1v) is 5.01. The number of carbonyl (C=O) groups is 1. The summed E-state index contributed by atoms with van der Waals surface area (Å²) >= 11 is 11.2. The van der Waals surface area contributed by atoms with Crippen molar-refractivity contribution >= 4 is 34.9 Å². The number of carbonyl (C=O) groups excluding carboxylic acids is 1. The number of ether oxygens (including phenoxy) is 1. The van der Waals surface area contributed by atoms with Gasteiger partial charge in [0, 0.05) is 6.54 Å².